The first kappa shape index (κ1) is 12.4. The van der Waals surface area contributed by atoms with Crippen LogP contribution < -0.4 is 5.32 Å². The van der Waals surface area contributed by atoms with E-state index in [1.807, 2.05) is 0 Å². The van der Waals surface area contributed by atoms with Crippen LogP contribution in [0.1, 0.15) is 37.0 Å². The topological polar surface area (TPSA) is 64.1 Å². The zero-order valence-electron chi connectivity index (χ0n) is 9.69. The number of anilines is 1. The third kappa shape index (κ3) is 3.84. The summed E-state index contributed by atoms with van der Waals surface area (Å²) in [5, 5.41) is 10.7. The number of aromatic nitrogens is 2. The van der Waals surface area contributed by atoms with E-state index in [2.05, 4.69) is 22.4 Å². The quantitative estimate of drug-likeness (QED) is 0.589. The van der Waals surface area contributed by atoms with Gasteiger partial charge in [-0.15, -0.1) is 5.10 Å². The molecule has 5 heteroatoms. The highest BCUT2D eigenvalue weighted by molar-refractivity contribution is 5.89. The summed E-state index contributed by atoms with van der Waals surface area (Å²) < 4.78 is 4.87. The SMILES string of the molecule is CCCCNc1cc(C(=O)OCC)cnn1. The summed E-state index contributed by atoms with van der Waals surface area (Å²) in [5.41, 5.74) is 0.427. The molecule has 1 N–H and O–H groups in total. The largest absolute Gasteiger partial charge is 0.462 e. The van der Waals surface area contributed by atoms with Crippen molar-refractivity contribution in [1.82, 2.24) is 10.2 Å². The molecule has 1 aromatic rings. The zero-order chi connectivity index (χ0) is 11.8. The fraction of sp³-hybridized carbons (Fsp3) is 0.545. The molecular formula is C11H17N3O2. The van der Waals surface area contributed by atoms with Crippen LogP contribution in [0.2, 0.25) is 0 Å². The number of nitrogens with one attached hydrogen (secondary N) is 1. The van der Waals surface area contributed by atoms with E-state index in [0.717, 1.165) is 19.4 Å². The van der Waals surface area contributed by atoms with Gasteiger partial charge in [-0.25, -0.2) is 4.79 Å². The monoisotopic (exact) mass is 223 g/mol. The van der Waals surface area contributed by atoms with Crippen LogP contribution in [0.4, 0.5) is 5.82 Å². The van der Waals surface area contributed by atoms with Gasteiger partial charge in [0.15, 0.2) is 0 Å². The Balaban J connectivity index is 2.60. The maximum absolute atomic E-state index is 11.4. The Kier molecular flexibility index (Phi) is 5.25. The van der Waals surface area contributed by atoms with Crippen LogP contribution in [-0.4, -0.2) is 29.3 Å². The Hall–Kier alpha value is -1.65. The number of ether oxygens (including phenoxy) is 1. The molecule has 5 nitrogen and oxygen atoms in total. The van der Waals surface area contributed by atoms with E-state index in [0.29, 0.717) is 18.0 Å². The van der Waals surface area contributed by atoms with Crippen LogP contribution in [0.3, 0.4) is 0 Å². The highest BCUT2D eigenvalue weighted by atomic mass is 16.5. The highest BCUT2D eigenvalue weighted by Crippen LogP contribution is 2.06. The minimum atomic E-state index is -0.365. The first-order chi connectivity index (χ1) is 7.77. The molecule has 0 fully saturated rings. The first-order valence-electron chi connectivity index (χ1n) is 5.51. The van der Waals surface area contributed by atoms with E-state index < -0.39 is 0 Å². The number of rotatable bonds is 6. The molecule has 16 heavy (non-hydrogen) atoms. The van der Waals surface area contributed by atoms with Crippen LogP contribution in [-0.2, 0) is 4.74 Å². The molecule has 0 radical (unpaired) electrons. The summed E-state index contributed by atoms with van der Waals surface area (Å²) >= 11 is 0. The Morgan fingerprint density at radius 1 is 1.50 bits per heavy atom. The molecule has 1 heterocycles. The molecule has 0 bridgehead atoms. The summed E-state index contributed by atoms with van der Waals surface area (Å²) in [6.07, 6.45) is 3.58. The third-order valence-corrected chi connectivity index (χ3v) is 2.00. The second kappa shape index (κ2) is 6.76. The number of nitrogens with zero attached hydrogens (tertiary/aromatic N) is 2. The molecule has 0 saturated heterocycles. The molecule has 88 valence electrons. The van der Waals surface area contributed by atoms with Crippen molar-refractivity contribution in [1.29, 1.82) is 0 Å². The Morgan fingerprint density at radius 3 is 3.00 bits per heavy atom. The minimum Gasteiger partial charge on any atom is -0.462 e. The summed E-state index contributed by atoms with van der Waals surface area (Å²) in [7, 11) is 0. The van der Waals surface area contributed by atoms with Gasteiger partial charge in [0.25, 0.3) is 0 Å². The van der Waals surface area contributed by atoms with Gasteiger partial charge >= 0.3 is 5.97 Å². The Labute approximate surface area is 95.2 Å². The van der Waals surface area contributed by atoms with Crippen molar-refractivity contribution >= 4 is 11.8 Å². The second-order valence-electron chi connectivity index (χ2n) is 3.33. The maximum Gasteiger partial charge on any atom is 0.339 e. The fourth-order valence-electron chi connectivity index (χ4n) is 1.17. The molecule has 1 rings (SSSR count). The van der Waals surface area contributed by atoms with E-state index in [4.69, 9.17) is 4.74 Å². The van der Waals surface area contributed by atoms with Crippen LogP contribution in [0.5, 0.6) is 0 Å². The van der Waals surface area contributed by atoms with E-state index in [1.54, 1.807) is 13.0 Å². The van der Waals surface area contributed by atoms with E-state index in [1.165, 1.54) is 6.20 Å². The Morgan fingerprint density at radius 2 is 2.31 bits per heavy atom. The molecule has 0 aliphatic heterocycles. The fourth-order valence-corrected chi connectivity index (χ4v) is 1.17. The summed E-state index contributed by atoms with van der Waals surface area (Å²) in [4.78, 5) is 11.4. The molecule has 0 aliphatic rings. The number of esters is 1. The summed E-state index contributed by atoms with van der Waals surface area (Å²) in [6.45, 7) is 5.08. The molecule has 0 atom stereocenters. The van der Waals surface area contributed by atoms with E-state index in [9.17, 15) is 4.79 Å². The van der Waals surface area contributed by atoms with Crippen LogP contribution in [0.25, 0.3) is 0 Å². The lowest BCUT2D eigenvalue weighted by molar-refractivity contribution is 0.0525. The number of hydrogen-bond donors (Lipinski definition) is 1. The summed E-state index contributed by atoms with van der Waals surface area (Å²) in [6, 6.07) is 1.65. The number of hydrogen-bond acceptors (Lipinski definition) is 5. The standard InChI is InChI=1S/C11H17N3O2/c1-3-5-6-12-10-7-9(8-13-14-10)11(15)16-4-2/h7-8H,3-6H2,1-2H3,(H,12,14). The molecule has 1 aromatic heterocycles. The predicted molar refractivity (Wildman–Crippen MR) is 61.4 cm³/mol. The van der Waals surface area contributed by atoms with Crippen molar-refractivity contribution in [2.75, 3.05) is 18.5 Å². The van der Waals surface area contributed by atoms with Gasteiger partial charge in [0.1, 0.15) is 5.82 Å². The molecule has 0 saturated carbocycles. The van der Waals surface area contributed by atoms with Crippen molar-refractivity contribution in [3.05, 3.63) is 17.8 Å². The molecule has 0 spiro atoms. The van der Waals surface area contributed by atoms with Gasteiger partial charge in [-0.3, -0.25) is 0 Å². The lowest BCUT2D eigenvalue weighted by Crippen LogP contribution is -2.09. The lowest BCUT2D eigenvalue weighted by atomic mass is 10.3. The Bertz CT molecular complexity index is 342. The number of carbonyl (C=O) groups is 1. The van der Waals surface area contributed by atoms with Gasteiger partial charge in [-0.1, -0.05) is 13.3 Å². The van der Waals surface area contributed by atoms with Gasteiger partial charge in [-0.2, -0.15) is 5.10 Å². The maximum atomic E-state index is 11.4. The lowest BCUT2D eigenvalue weighted by Gasteiger charge is -2.05. The van der Waals surface area contributed by atoms with Crippen molar-refractivity contribution in [3.8, 4) is 0 Å². The number of carbonyl (C=O) groups excluding carboxylic acids is 1. The van der Waals surface area contributed by atoms with Crippen molar-refractivity contribution < 1.29 is 9.53 Å². The molecule has 0 unspecified atom stereocenters. The zero-order valence-corrected chi connectivity index (χ0v) is 9.69. The first-order valence-corrected chi connectivity index (χ1v) is 5.51. The van der Waals surface area contributed by atoms with Crippen molar-refractivity contribution in [3.63, 3.8) is 0 Å². The van der Waals surface area contributed by atoms with Gasteiger partial charge in [-0.05, 0) is 19.4 Å². The molecule has 0 aliphatic carbocycles. The number of unbranched alkanes of at least 4 members (excludes halogenated alkanes) is 1. The van der Waals surface area contributed by atoms with Crippen LogP contribution in [0, 0.1) is 0 Å². The smallest absolute Gasteiger partial charge is 0.339 e. The molecule has 0 aromatic carbocycles. The normalized spacial score (nSPS) is 9.88. The summed E-state index contributed by atoms with van der Waals surface area (Å²) in [5.74, 6) is 0.245. The van der Waals surface area contributed by atoms with E-state index in [-0.39, 0.29) is 5.97 Å². The molecular weight excluding hydrogens is 206 g/mol. The van der Waals surface area contributed by atoms with Crippen LogP contribution >= 0.6 is 0 Å². The highest BCUT2D eigenvalue weighted by Gasteiger charge is 2.07. The molecule has 0 amide bonds. The average molecular weight is 223 g/mol. The predicted octanol–water partition coefficient (Wildman–Crippen LogP) is 1.87. The minimum absolute atomic E-state index is 0.361. The average Bonchev–Trinajstić information content (AvgIpc) is 2.30. The van der Waals surface area contributed by atoms with E-state index >= 15 is 0 Å². The van der Waals surface area contributed by atoms with Gasteiger partial charge < -0.3 is 10.1 Å². The van der Waals surface area contributed by atoms with Crippen molar-refractivity contribution in [2.45, 2.75) is 26.7 Å². The van der Waals surface area contributed by atoms with Crippen molar-refractivity contribution in [2.24, 2.45) is 0 Å². The van der Waals surface area contributed by atoms with Crippen LogP contribution in [0.15, 0.2) is 12.3 Å². The second-order valence-corrected chi connectivity index (χ2v) is 3.33. The third-order valence-electron chi connectivity index (χ3n) is 2.00. The van der Waals surface area contributed by atoms with Gasteiger partial charge in [0, 0.05) is 6.54 Å². The van der Waals surface area contributed by atoms with Gasteiger partial charge in [0.05, 0.1) is 18.4 Å². The van der Waals surface area contributed by atoms with Gasteiger partial charge in [0.2, 0.25) is 0 Å².